The van der Waals surface area contributed by atoms with Crippen LogP contribution in [-0.4, -0.2) is 45.3 Å². The van der Waals surface area contributed by atoms with Gasteiger partial charge in [0.05, 0.1) is 25.0 Å². The number of ether oxygens (including phenoxy) is 5. The van der Waals surface area contributed by atoms with E-state index >= 15 is 0 Å². The lowest BCUT2D eigenvalue weighted by molar-refractivity contribution is -0.192. The molecule has 2 heterocycles. The molecule has 2 aliphatic heterocycles. The number of carbonyl (C=O) groups excluding carboxylic acids is 1. The van der Waals surface area contributed by atoms with E-state index in [0.717, 1.165) is 36.3 Å². The highest BCUT2D eigenvalue weighted by Crippen LogP contribution is 2.64. The highest BCUT2D eigenvalue weighted by molar-refractivity contribution is 5.77. The monoisotopic (exact) mass is 346 g/mol. The standard InChI is InChI=1S/C19H22O6/c1-21-9-23-13-6-4-11-14-7-10-3-5-12(22-2)17-16(10)19(11,18(13)25-17)8-15(20)24-14/h3,5,11,13-14,18H,4,6-9H2,1-2H3/t11-,13+,14+,18-,19-/m1/s1. The molecule has 0 aromatic heterocycles. The Bertz CT molecular complexity index is 731. The zero-order chi connectivity index (χ0) is 17.2. The van der Waals surface area contributed by atoms with E-state index in [0.29, 0.717) is 6.42 Å². The Balaban J connectivity index is 1.69. The number of rotatable bonds is 4. The summed E-state index contributed by atoms with van der Waals surface area (Å²) in [4.78, 5) is 12.4. The van der Waals surface area contributed by atoms with Crippen molar-refractivity contribution in [1.29, 1.82) is 0 Å². The highest BCUT2D eigenvalue weighted by atomic mass is 16.7. The summed E-state index contributed by atoms with van der Waals surface area (Å²) in [6.45, 7) is 0.222. The highest BCUT2D eigenvalue weighted by Gasteiger charge is 2.67. The van der Waals surface area contributed by atoms with Gasteiger partial charge in [-0.2, -0.15) is 0 Å². The molecule has 2 fully saturated rings. The lowest BCUT2D eigenvalue weighted by Gasteiger charge is -2.54. The van der Waals surface area contributed by atoms with E-state index < -0.39 is 0 Å². The number of hydrogen-bond acceptors (Lipinski definition) is 6. The second-order valence-electron chi connectivity index (χ2n) is 7.41. The van der Waals surface area contributed by atoms with Crippen LogP contribution in [0.15, 0.2) is 12.1 Å². The zero-order valence-corrected chi connectivity index (χ0v) is 14.4. The summed E-state index contributed by atoms with van der Waals surface area (Å²) in [5.41, 5.74) is 1.99. The third-order valence-corrected chi connectivity index (χ3v) is 6.40. The van der Waals surface area contributed by atoms with Gasteiger partial charge < -0.3 is 23.7 Å². The van der Waals surface area contributed by atoms with Crippen molar-refractivity contribution in [2.75, 3.05) is 21.0 Å². The van der Waals surface area contributed by atoms with Gasteiger partial charge in [0.25, 0.3) is 0 Å². The largest absolute Gasteiger partial charge is 0.493 e. The molecule has 1 saturated carbocycles. The third-order valence-electron chi connectivity index (χ3n) is 6.40. The zero-order valence-electron chi connectivity index (χ0n) is 14.4. The van der Waals surface area contributed by atoms with Crippen molar-refractivity contribution in [3.8, 4) is 11.5 Å². The van der Waals surface area contributed by atoms with Gasteiger partial charge in [0, 0.05) is 25.0 Å². The Labute approximate surface area is 146 Å². The summed E-state index contributed by atoms with van der Waals surface area (Å²) in [6.07, 6.45) is 2.56. The van der Waals surface area contributed by atoms with E-state index in [1.54, 1.807) is 14.2 Å². The van der Waals surface area contributed by atoms with Gasteiger partial charge in [0.2, 0.25) is 0 Å². The Hall–Kier alpha value is -1.79. The first-order valence-corrected chi connectivity index (χ1v) is 8.86. The van der Waals surface area contributed by atoms with Gasteiger partial charge in [-0.15, -0.1) is 0 Å². The van der Waals surface area contributed by atoms with Crippen molar-refractivity contribution < 1.29 is 28.5 Å². The van der Waals surface area contributed by atoms with Gasteiger partial charge in [-0.1, -0.05) is 6.07 Å². The lowest BCUT2D eigenvalue weighted by atomic mass is 9.53. The average molecular weight is 346 g/mol. The Morgan fingerprint density at radius 2 is 2.12 bits per heavy atom. The van der Waals surface area contributed by atoms with E-state index in [4.69, 9.17) is 23.7 Å². The molecule has 2 bridgehead atoms. The van der Waals surface area contributed by atoms with Crippen LogP contribution in [0.5, 0.6) is 11.5 Å². The van der Waals surface area contributed by atoms with Gasteiger partial charge >= 0.3 is 5.97 Å². The van der Waals surface area contributed by atoms with Crippen molar-refractivity contribution in [1.82, 2.24) is 0 Å². The first-order valence-electron chi connectivity index (χ1n) is 8.86. The molecule has 1 saturated heterocycles. The van der Waals surface area contributed by atoms with Crippen LogP contribution in [0.25, 0.3) is 0 Å². The molecule has 0 unspecified atom stereocenters. The maximum atomic E-state index is 12.4. The minimum absolute atomic E-state index is 0.0671. The molecule has 2 aliphatic carbocycles. The molecule has 6 nitrogen and oxygen atoms in total. The van der Waals surface area contributed by atoms with E-state index in [2.05, 4.69) is 6.07 Å². The van der Waals surface area contributed by atoms with Crippen molar-refractivity contribution >= 4 is 5.97 Å². The summed E-state index contributed by atoms with van der Waals surface area (Å²) in [5.74, 6) is 1.65. The summed E-state index contributed by atoms with van der Waals surface area (Å²) in [7, 11) is 3.27. The fourth-order valence-electron chi connectivity index (χ4n) is 5.59. The summed E-state index contributed by atoms with van der Waals surface area (Å²) in [5, 5.41) is 0. The van der Waals surface area contributed by atoms with Gasteiger partial charge in [-0.25, -0.2) is 0 Å². The van der Waals surface area contributed by atoms with Crippen molar-refractivity contribution in [3.63, 3.8) is 0 Å². The maximum Gasteiger partial charge on any atom is 0.307 e. The van der Waals surface area contributed by atoms with Crippen LogP contribution in [0.1, 0.15) is 30.4 Å². The molecule has 5 atom stereocenters. The van der Waals surface area contributed by atoms with E-state index in [1.807, 2.05) is 6.07 Å². The number of esters is 1. The quantitative estimate of drug-likeness (QED) is 0.613. The van der Waals surface area contributed by atoms with Crippen LogP contribution < -0.4 is 9.47 Å². The van der Waals surface area contributed by atoms with Crippen LogP contribution in [0.2, 0.25) is 0 Å². The van der Waals surface area contributed by atoms with Crippen LogP contribution >= 0.6 is 0 Å². The van der Waals surface area contributed by atoms with Gasteiger partial charge in [-0.3, -0.25) is 4.79 Å². The van der Waals surface area contributed by atoms with Gasteiger partial charge in [-0.05, 0) is 24.5 Å². The average Bonchev–Trinajstić information content (AvgIpc) is 2.93. The van der Waals surface area contributed by atoms with Crippen LogP contribution in [-0.2, 0) is 30.8 Å². The molecule has 1 aromatic rings. The van der Waals surface area contributed by atoms with Crippen LogP contribution in [0, 0.1) is 5.92 Å². The Morgan fingerprint density at radius 3 is 2.92 bits per heavy atom. The molecule has 0 N–H and O–H groups in total. The summed E-state index contributed by atoms with van der Waals surface area (Å²) in [6, 6.07) is 4.04. The summed E-state index contributed by atoms with van der Waals surface area (Å²) < 4.78 is 28.8. The predicted octanol–water partition coefficient (Wildman–Crippen LogP) is 1.96. The molecule has 25 heavy (non-hydrogen) atoms. The molecular weight excluding hydrogens is 324 g/mol. The maximum absolute atomic E-state index is 12.4. The van der Waals surface area contributed by atoms with Gasteiger partial charge in [0.1, 0.15) is 19.0 Å². The molecular formula is C19H22O6. The number of methoxy groups -OCH3 is 2. The SMILES string of the molecule is COCO[C@H]1CC[C@@H]2[C@@H]3Cc4ccc(OC)c5c4[C@]2(CC(=O)O3)[C@@H]1O5. The van der Waals surface area contributed by atoms with E-state index in [-0.39, 0.29) is 42.4 Å². The molecule has 1 spiro atoms. The fraction of sp³-hybridized carbons (Fsp3) is 0.632. The fourth-order valence-corrected chi connectivity index (χ4v) is 5.59. The molecule has 6 heteroatoms. The van der Waals surface area contributed by atoms with E-state index in [9.17, 15) is 4.79 Å². The topological polar surface area (TPSA) is 63.2 Å². The molecule has 4 aliphatic rings. The number of hydrogen-bond donors (Lipinski definition) is 0. The molecule has 5 rings (SSSR count). The number of carbonyl (C=O) groups is 1. The Morgan fingerprint density at radius 1 is 1.24 bits per heavy atom. The Kier molecular flexibility index (Phi) is 3.31. The van der Waals surface area contributed by atoms with Crippen molar-refractivity contribution in [2.45, 2.75) is 49.4 Å². The van der Waals surface area contributed by atoms with Crippen LogP contribution in [0.3, 0.4) is 0 Å². The normalized spacial score (nSPS) is 37.1. The minimum atomic E-state index is -0.367. The molecule has 0 radical (unpaired) electrons. The smallest absolute Gasteiger partial charge is 0.307 e. The molecule has 1 aromatic carbocycles. The first-order chi connectivity index (χ1) is 12.2. The predicted molar refractivity (Wildman–Crippen MR) is 86.8 cm³/mol. The van der Waals surface area contributed by atoms with Crippen molar-refractivity contribution in [3.05, 3.63) is 23.3 Å². The lowest BCUT2D eigenvalue weighted by Crippen LogP contribution is -2.64. The minimum Gasteiger partial charge on any atom is -0.493 e. The second kappa shape index (κ2) is 5.35. The molecule has 0 amide bonds. The second-order valence-corrected chi connectivity index (χ2v) is 7.41. The number of benzene rings is 1. The summed E-state index contributed by atoms with van der Waals surface area (Å²) >= 11 is 0. The van der Waals surface area contributed by atoms with Gasteiger partial charge in [0.15, 0.2) is 11.5 Å². The third kappa shape index (κ3) is 1.89. The first kappa shape index (κ1) is 15.5. The molecule has 134 valence electrons. The van der Waals surface area contributed by atoms with Crippen LogP contribution in [0.4, 0.5) is 0 Å². The van der Waals surface area contributed by atoms with Crippen molar-refractivity contribution in [2.24, 2.45) is 5.92 Å². The van der Waals surface area contributed by atoms with E-state index in [1.165, 1.54) is 5.56 Å².